The fourth-order valence-electron chi connectivity index (χ4n) is 1.92. The Kier molecular flexibility index (Phi) is 3.46. The van der Waals surface area contributed by atoms with Crippen molar-refractivity contribution in [1.29, 1.82) is 0 Å². The van der Waals surface area contributed by atoms with Crippen molar-refractivity contribution in [1.82, 2.24) is 4.90 Å². The predicted molar refractivity (Wildman–Crippen MR) is 63.3 cm³/mol. The van der Waals surface area contributed by atoms with Crippen LogP contribution in [0.4, 0.5) is 0 Å². The number of hydrogen-bond acceptors (Lipinski definition) is 5. The van der Waals surface area contributed by atoms with Crippen LogP contribution >= 0.6 is 0 Å². The highest BCUT2D eigenvalue weighted by atomic mass is 16.7. The van der Waals surface area contributed by atoms with Crippen molar-refractivity contribution in [2.24, 2.45) is 0 Å². The predicted octanol–water partition coefficient (Wildman–Crippen LogP) is 0.638. The van der Waals surface area contributed by atoms with Crippen LogP contribution in [-0.4, -0.2) is 43.3 Å². The second-order valence-electron chi connectivity index (χ2n) is 3.97. The van der Waals surface area contributed by atoms with Crippen LogP contribution in [0.2, 0.25) is 0 Å². The van der Waals surface area contributed by atoms with Gasteiger partial charge in [0.05, 0.1) is 7.11 Å². The average Bonchev–Trinajstić information content (AvgIpc) is 2.85. The van der Waals surface area contributed by atoms with E-state index in [2.05, 4.69) is 0 Å². The highest BCUT2D eigenvalue weighted by Crippen LogP contribution is 2.43. The van der Waals surface area contributed by atoms with Gasteiger partial charge < -0.3 is 24.2 Å². The summed E-state index contributed by atoms with van der Waals surface area (Å²) in [6, 6.07) is 1.94. The van der Waals surface area contributed by atoms with Gasteiger partial charge in [-0.3, -0.25) is 4.79 Å². The molecule has 1 atom stereocenters. The van der Waals surface area contributed by atoms with E-state index in [4.69, 9.17) is 14.2 Å². The molecule has 1 heterocycles. The molecule has 0 aliphatic carbocycles. The summed E-state index contributed by atoms with van der Waals surface area (Å²) in [6.45, 7) is 0.0520. The molecule has 1 unspecified atom stereocenters. The van der Waals surface area contributed by atoms with E-state index >= 15 is 0 Å². The SMILES string of the molecule is COc1cc(C(C(=O)O)N(C)C=O)cc2c1OCO2. The monoisotopic (exact) mass is 267 g/mol. The standard InChI is InChI=1S/C12H13NO6/c1-13(5-14)10(12(15)16)7-3-8(17-2)11-9(4-7)18-6-19-11/h3-5,10H,6H2,1-2H3,(H,15,16). The van der Waals surface area contributed by atoms with E-state index in [9.17, 15) is 14.7 Å². The number of carbonyl (C=O) groups is 2. The minimum Gasteiger partial charge on any atom is -0.493 e. The quantitative estimate of drug-likeness (QED) is 0.788. The van der Waals surface area contributed by atoms with E-state index in [1.54, 1.807) is 0 Å². The Balaban J connectivity index is 2.49. The molecule has 1 aliphatic heterocycles. The number of likely N-dealkylation sites (N-methyl/N-ethyl adjacent to an activating group) is 1. The Hall–Kier alpha value is -2.44. The molecule has 0 saturated carbocycles. The molecular weight excluding hydrogens is 254 g/mol. The first-order valence-electron chi connectivity index (χ1n) is 5.46. The second kappa shape index (κ2) is 5.05. The number of ether oxygens (including phenoxy) is 3. The van der Waals surface area contributed by atoms with Crippen LogP contribution in [-0.2, 0) is 9.59 Å². The molecule has 7 heteroatoms. The molecule has 1 amide bonds. The van der Waals surface area contributed by atoms with E-state index in [1.165, 1.54) is 26.3 Å². The van der Waals surface area contributed by atoms with Gasteiger partial charge in [-0.15, -0.1) is 0 Å². The number of carboxylic acids is 1. The molecule has 1 aromatic rings. The topological polar surface area (TPSA) is 85.3 Å². The lowest BCUT2D eigenvalue weighted by Crippen LogP contribution is -2.29. The van der Waals surface area contributed by atoms with Crippen LogP contribution < -0.4 is 14.2 Å². The van der Waals surface area contributed by atoms with Crippen LogP contribution in [0, 0.1) is 0 Å². The van der Waals surface area contributed by atoms with Crippen LogP contribution in [0.25, 0.3) is 0 Å². The smallest absolute Gasteiger partial charge is 0.331 e. The number of carboxylic acid groups (broad SMARTS) is 1. The third-order valence-electron chi connectivity index (χ3n) is 2.80. The first-order valence-corrected chi connectivity index (χ1v) is 5.46. The molecule has 1 aromatic carbocycles. The Morgan fingerprint density at radius 2 is 2.26 bits per heavy atom. The Morgan fingerprint density at radius 1 is 1.53 bits per heavy atom. The molecule has 2 rings (SSSR count). The summed E-state index contributed by atoms with van der Waals surface area (Å²) in [7, 11) is 2.84. The summed E-state index contributed by atoms with van der Waals surface area (Å²) >= 11 is 0. The number of methoxy groups -OCH3 is 1. The summed E-state index contributed by atoms with van der Waals surface area (Å²) < 4.78 is 15.6. The van der Waals surface area contributed by atoms with Gasteiger partial charge in [-0.1, -0.05) is 0 Å². The van der Waals surface area contributed by atoms with Crippen LogP contribution in [0.1, 0.15) is 11.6 Å². The molecule has 102 valence electrons. The van der Waals surface area contributed by atoms with Crippen molar-refractivity contribution in [3.63, 3.8) is 0 Å². The van der Waals surface area contributed by atoms with E-state index in [0.29, 0.717) is 29.2 Å². The number of carbonyl (C=O) groups excluding carboxylic acids is 1. The van der Waals surface area contributed by atoms with Crippen molar-refractivity contribution >= 4 is 12.4 Å². The van der Waals surface area contributed by atoms with E-state index in [1.807, 2.05) is 0 Å². The maximum atomic E-state index is 11.3. The molecule has 0 aromatic heterocycles. The largest absolute Gasteiger partial charge is 0.493 e. The van der Waals surface area contributed by atoms with Crippen molar-refractivity contribution in [2.45, 2.75) is 6.04 Å². The zero-order chi connectivity index (χ0) is 14.0. The summed E-state index contributed by atoms with van der Waals surface area (Å²) in [4.78, 5) is 23.1. The second-order valence-corrected chi connectivity index (χ2v) is 3.97. The highest BCUT2D eigenvalue weighted by molar-refractivity contribution is 5.79. The maximum absolute atomic E-state index is 11.3. The van der Waals surface area contributed by atoms with Gasteiger partial charge in [-0.25, -0.2) is 4.79 Å². The normalized spacial score (nSPS) is 13.8. The third kappa shape index (κ3) is 2.26. The first kappa shape index (κ1) is 13.0. The Bertz CT molecular complexity index is 515. The molecule has 1 aliphatic rings. The van der Waals surface area contributed by atoms with Gasteiger partial charge in [-0.2, -0.15) is 0 Å². The van der Waals surface area contributed by atoms with Gasteiger partial charge in [0.1, 0.15) is 0 Å². The molecule has 1 N–H and O–H groups in total. The molecule has 7 nitrogen and oxygen atoms in total. The molecule has 0 radical (unpaired) electrons. The number of fused-ring (bicyclic) bond motifs is 1. The van der Waals surface area contributed by atoms with Crippen molar-refractivity contribution in [3.8, 4) is 17.2 Å². The van der Waals surface area contributed by atoms with Gasteiger partial charge >= 0.3 is 5.97 Å². The van der Waals surface area contributed by atoms with Gasteiger partial charge in [0.15, 0.2) is 17.5 Å². The molecule has 0 fully saturated rings. The molecule has 0 bridgehead atoms. The number of hydrogen-bond donors (Lipinski definition) is 1. The number of aliphatic carboxylic acids is 1. The molecule has 0 saturated heterocycles. The fourth-order valence-corrected chi connectivity index (χ4v) is 1.92. The summed E-state index contributed by atoms with van der Waals surface area (Å²) in [5.41, 5.74) is 0.378. The van der Waals surface area contributed by atoms with E-state index < -0.39 is 12.0 Å². The van der Waals surface area contributed by atoms with E-state index in [0.717, 1.165) is 4.90 Å². The minimum atomic E-state index is -1.14. The number of amides is 1. The first-order chi connectivity index (χ1) is 9.08. The van der Waals surface area contributed by atoms with Crippen molar-refractivity contribution in [2.75, 3.05) is 21.0 Å². The van der Waals surface area contributed by atoms with Gasteiger partial charge in [0.25, 0.3) is 0 Å². The molecule has 19 heavy (non-hydrogen) atoms. The summed E-state index contributed by atoms with van der Waals surface area (Å²) in [6.07, 6.45) is 0.454. The lowest BCUT2D eigenvalue weighted by Gasteiger charge is -2.21. The molecule has 0 spiro atoms. The Labute approximate surface area is 109 Å². The summed E-state index contributed by atoms with van der Waals surface area (Å²) in [5.74, 6) is 0.0649. The molecular formula is C12H13NO6. The lowest BCUT2D eigenvalue weighted by molar-refractivity contribution is -0.145. The maximum Gasteiger partial charge on any atom is 0.331 e. The zero-order valence-corrected chi connectivity index (χ0v) is 10.5. The van der Waals surface area contributed by atoms with E-state index in [-0.39, 0.29) is 6.79 Å². The average molecular weight is 267 g/mol. The third-order valence-corrected chi connectivity index (χ3v) is 2.80. The van der Waals surface area contributed by atoms with Crippen molar-refractivity contribution in [3.05, 3.63) is 17.7 Å². The van der Waals surface area contributed by atoms with Gasteiger partial charge in [-0.05, 0) is 17.7 Å². The fraction of sp³-hybridized carbons (Fsp3) is 0.333. The highest BCUT2D eigenvalue weighted by Gasteiger charge is 2.28. The van der Waals surface area contributed by atoms with Crippen LogP contribution in [0.15, 0.2) is 12.1 Å². The zero-order valence-electron chi connectivity index (χ0n) is 10.5. The van der Waals surface area contributed by atoms with Gasteiger partial charge in [0.2, 0.25) is 19.0 Å². The lowest BCUT2D eigenvalue weighted by atomic mass is 10.0. The number of benzene rings is 1. The van der Waals surface area contributed by atoms with Crippen LogP contribution in [0.5, 0.6) is 17.2 Å². The Morgan fingerprint density at radius 3 is 2.84 bits per heavy atom. The minimum absolute atomic E-state index is 0.0520. The number of rotatable bonds is 5. The van der Waals surface area contributed by atoms with Gasteiger partial charge in [0, 0.05) is 7.05 Å². The number of nitrogens with zero attached hydrogens (tertiary/aromatic N) is 1. The van der Waals surface area contributed by atoms with Crippen LogP contribution in [0.3, 0.4) is 0 Å². The van der Waals surface area contributed by atoms with Crippen molar-refractivity contribution < 1.29 is 28.9 Å². The summed E-state index contributed by atoms with van der Waals surface area (Å²) in [5, 5.41) is 9.23.